The number of carbonyl (C=O) groups excluding carboxylic acids is 1. The van der Waals surface area contributed by atoms with Gasteiger partial charge in [0, 0.05) is 17.6 Å². The fraction of sp³-hybridized carbons (Fsp3) is 0.464. The van der Waals surface area contributed by atoms with E-state index in [1.54, 1.807) is 18.2 Å². The van der Waals surface area contributed by atoms with Crippen LogP contribution in [-0.2, 0) is 9.84 Å². The Hall–Kier alpha value is -3.19. The van der Waals surface area contributed by atoms with Crippen molar-refractivity contribution in [1.29, 1.82) is 0 Å². The highest BCUT2D eigenvalue weighted by molar-refractivity contribution is 7.91. The summed E-state index contributed by atoms with van der Waals surface area (Å²) in [6.45, 7) is 6.20. The molecule has 1 saturated carbocycles. The van der Waals surface area contributed by atoms with Crippen LogP contribution in [0, 0.1) is 11.3 Å². The number of alkyl halides is 3. The lowest BCUT2D eigenvalue weighted by Gasteiger charge is -2.27. The Morgan fingerprint density at radius 1 is 1.20 bits per heavy atom. The Bertz CT molecular complexity index is 1570. The first kappa shape index (κ1) is 29.3. The largest absolute Gasteiger partial charge is 0.477 e. The molecular formula is C28H32F3N4O4SSi. The first-order chi connectivity index (χ1) is 19.1. The number of amides is 1. The number of sulfone groups is 1. The number of benzene rings is 1. The van der Waals surface area contributed by atoms with Gasteiger partial charge in [0.2, 0.25) is 21.6 Å². The van der Waals surface area contributed by atoms with E-state index >= 15 is 0 Å². The molecule has 13 heteroatoms. The van der Waals surface area contributed by atoms with Crippen LogP contribution >= 0.6 is 0 Å². The van der Waals surface area contributed by atoms with Crippen molar-refractivity contribution in [2.24, 2.45) is 17.1 Å². The predicted molar refractivity (Wildman–Crippen MR) is 148 cm³/mol. The van der Waals surface area contributed by atoms with Crippen molar-refractivity contribution in [2.45, 2.75) is 73.5 Å². The number of hydrogen-bond acceptors (Lipinski definition) is 6. The minimum absolute atomic E-state index is 0.000491. The first-order valence-corrected chi connectivity index (χ1v) is 16.6. The van der Waals surface area contributed by atoms with E-state index in [0.29, 0.717) is 11.2 Å². The van der Waals surface area contributed by atoms with Crippen LogP contribution in [0.1, 0.15) is 56.8 Å². The van der Waals surface area contributed by atoms with Crippen LogP contribution in [0.15, 0.2) is 58.5 Å². The predicted octanol–water partition coefficient (Wildman–Crippen LogP) is 4.83. The second-order valence-electron chi connectivity index (χ2n) is 11.7. The summed E-state index contributed by atoms with van der Waals surface area (Å²) in [6.07, 6.45) is -1.94. The number of halogens is 3. The van der Waals surface area contributed by atoms with Crippen LogP contribution in [0.5, 0.6) is 5.88 Å². The maximum absolute atomic E-state index is 13.8. The van der Waals surface area contributed by atoms with Crippen LogP contribution in [0.25, 0.3) is 5.82 Å². The number of nitrogens with zero attached hydrogens (tertiary/aromatic N) is 3. The number of aromatic nitrogens is 3. The van der Waals surface area contributed by atoms with Crippen molar-refractivity contribution >= 4 is 29.9 Å². The van der Waals surface area contributed by atoms with Crippen LogP contribution in [-0.4, -0.2) is 50.7 Å². The minimum atomic E-state index is -4.28. The molecule has 219 valence electrons. The van der Waals surface area contributed by atoms with Crippen LogP contribution in [0.4, 0.5) is 13.2 Å². The SMILES string of the molecule is CC1C[Si](c2nc(-n3ccc(OCCC4(C(F)(F)F)CC4)n3)c(S(=O)(=O)c3ccccc3)cc2C(N)=O)C(C)(C)C1. The molecule has 2 aliphatic rings. The smallest absolute Gasteiger partial charge is 0.394 e. The molecule has 5 rings (SSSR count). The topological polar surface area (TPSA) is 117 Å². The molecule has 1 saturated heterocycles. The monoisotopic (exact) mass is 605 g/mol. The third-order valence-corrected chi connectivity index (χ3v) is 13.8. The second kappa shape index (κ2) is 10.3. The number of rotatable bonds is 9. The van der Waals surface area contributed by atoms with Gasteiger partial charge in [-0.25, -0.2) is 18.1 Å². The molecule has 2 fully saturated rings. The number of ether oxygens (including phenoxy) is 1. The highest BCUT2D eigenvalue weighted by Gasteiger charge is 2.62. The van der Waals surface area contributed by atoms with Gasteiger partial charge in [0.15, 0.2) is 5.82 Å². The van der Waals surface area contributed by atoms with Crippen molar-refractivity contribution in [2.75, 3.05) is 6.61 Å². The zero-order valence-corrected chi connectivity index (χ0v) is 24.8. The molecule has 1 unspecified atom stereocenters. The Morgan fingerprint density at radius 3 is 2.44 bits per heavy atom. The van der Waals surface area contributed by atoms with Gasteiger partial charge in [-0.15, -0.1) is 5.10 Å². The van der Waals surface area contributed by atoms with Crippen molar-refractivity contribution in [3.63, 3.8) is 0 Å². The lowest BCUT2D eigenvalue weighted by atomic mass is 10.0. The Labute approximate surface area is 238 Å². The number of hydrogen-bond donors (Lipinski definition) is 1. The van der Waals surface area contributed by atoms with Gasteiger partial charge in [-0.1, -0.05) is 45.0 Å². The first-order valence-electron chi connectivity index (χ1n) is 13.4. The number of carbonyl (C=O) groups is 1. The molecule has 3 aromatic rings. The van der Waals surface area contributed by atoms with Crippen LogP contribution < -0.4 is 15.8 Å². The fourth-order valence-corrected chi connectivity index (χ4v) is 10.8. The van der Waals surface area contributed by atoms with Gasteiger partial charge >= 0.3 is 6.18 Å². The van der Waals surface area contributed by atoms with E-state index in [0.717, 1.165) is 12.5 Å². The summed E-state index contributed by atoms with van der Waals surface area (Å²) in [5.41, 5.74) is 4.16. The molecular weight excluding hydrogens is 573 g/mol. The molecule has 2 N–H and O–H groups in total. The van der Waals surface area contributed by atoms with E-state index < -0.39 is 36.1 Å². The van der Waals surface area contributed by atoms with E-state index in [1.165, 1.54) is 35.1 Å². The highest BCUT2D eigenvalue weighted by atomic mass is 32.2. The standard InChI is InChI=1S/C28H32F3N4O4SSi/c1-18-16-26(2,3)41(17-18)25-20(23(32)36)15-21(40(37,38)19-7-5-4-6-8-19)24(33-25)35-13-9-22(34-35)39-14-12-27(10-11-27)28(29,30)31/h4-9,13,15,18H,10-12,14,16-17H2,1-3H3,(H2,32,36). The molecule has 1 aliphatic carbocycles. The van der Waals surface area contributed by atoms with Crippen molar-refractivity contribution in [3.8, 4) is 11.7 Å². The average molecular weight is 606 g/mol. The van der Waals surface area contributed by atoms with Crippen LogP contribution in [0.2, 0.25) is 11.1 Å². The van der Waals surface area contributed by atoms with Gasteiger partial charge in [-0.3, -0.25) is 4.79 Å². The fourth-order valence-electron chi connectivity index (χ4n) is 5.78. The molecule has 2 aromatic heterocycles. The second-order valence-corrected chi connectivity index (χ2v) is 16.8. The van der Waals surface area contributed by atoms with E-state index in [4.69, 9.17) is 15.5 Å². The summed E-state index contributed by atoms with van der Waals surface area (Å²) in [4.78, 5) is 17.2. The van der Waals surface area contributed by atoms with Crippen molar-refractivity contribution < 1.29 is 31.1 Å². The lowest BCUT2D eigenvalue weighted by Crippen LogP contribution is -2.43. The Balaban J connectivity index is 1.58. The zero-order valence-electron chi connectivity index (χ0n) is 23.0. The van der Waals surface area contributed by atoms with Crippen molar-refractivity contribution in [1.82, 2.24) is 14.8 Å². The van der Waals surface area contributed by atoms with E-state index in [1.807, 2.05) is 0 Å². The lowest BCUT2D eigenvalue weighted by molar-refractivity contribution is -0.190. The normalized spacial score (nSPS) is 20.2. The summed E-state index contributed by atoms with van der Waals surface area (Å²) < 4.78 is 74.4. The van der Waals surface area contributed by atoms with Gasteiger partial charge in [0.25, 0.3) is 0 Å². The molecule has 1 atom stereocenters. The maximum atomic E-state index is 13.8. The van der Waals surface area contributed by atoms with Gasteiger partial charge in [-0.2, -0.15) is 13.2 Å². The molecule has 1 amide bonds. The average Bonchev–Trinajstić information content (AvgIpc) is 3.47. The minimum Gasteiger partial charge on any atom is -0.477 e. The van der Waals surface area contributed by atoms with Gasteiger partial charge < -0.3 is 10.5 Å². The summed E-state index contributed by atoms with van der Waals surface area (Å²) in [6, 6.07) is 11.3. The Morgan fingerprint density at radius 2 is 1.88 bits per heavy atom. The quantitative estimate of drug-likeness (QED) is 0.349. The highest BCUT2D eigenvalue weighted by Crippen LogP contribution is 2.59. The molecule has 1 aromatic carbocycles. The molecule has 1 aliphatic heterocycles. The summed E-state index contributed by atoms with van der Waals surface area (Å²) >= 11 is 0. The third-order valence-electron chi connectivity index (χ3n) is 8.16. The van der Waals surface area contributed by atoms with Crippen LogP contribution in [0.3, 0.4) is 0 Å². The molecule has 3 heterocycles. The number of primary amides is 1. The molecule has 0 bridgehead atoms. The number of nitrogens with two attached hydrogens (primary N) is 1. The molecule has 0 spiro atoms. The Kier molecular flexibility index (Phi) is 7.34. The third kappa shape index (κ3) is 5.53. The summed E-state index contributed by atoms with van der Waals surface area (Å²) in [5.74, 6) is -0.351. The maximum Gasteiger partial charge on any atom is 0.394 e. The van der Waals surface area contributed by atoms with Crippen molar-refractivity contribution in [3.05, 3.63) is 54.2 Å². The van der Waals surface area contributed by atoms with E-state index in [2.05, 4.69) is 25.9 Å². The number of pyridine rings is 1. The van der Waals surface area contributed by atoms with Gasteiger partial charge in [0.05, 0.1) is 22.5 Å². The van der Waals surface area contributed by atoms with E-state index in [9.17, 15) is 26.4 Å². The summed E-state index contributed by atoms with van der Waals surface area (Å²) in [5, 5.41) is 4.69. The molecule has 8 nitrogen and oxygen atoms in total. The van der Waals surface area contributed by atoms with E-state index in [-0.39, 0.29) is 58.0 Å². The zero-order chi connectivity index (χ0) is 29.8. The molecule has 1 radical (unpaired) electrons. The van der Waals surface area contributed by atoms with Gasteiger partial charge in [0.1, 0.15) is 13.7 Å². The molecule has 41 heavy (non-hydrogen) atoms. The van der Waals surface area contributed by atoms with Gasteiger partial charge in [-0.05, 0) is 54.8 Å². The summed E-state index contributed by atoms with van der Waals surface area (Å²) in [7, 11) is -5.63.